The van der Waals surface area contributed by atoms with Crippen molar-refractivity contribution in [2.75, 3.05) is 6.61 Å². The highest BCUT2D eigenvalue weighted by atomic mass is 16.4. The summed E-state index contributed by atoms with van der Waals surface area (Å²) in [7, 11) is 0. The minimum atomic E-state index is -1.14. The van der Waals surface area contributed by atoms with E-state index in [1.165, 1.54) is 0 Å². The van der Waals surface area contributed by atoms with Crippen molar-refractivity contribution in [2.45, 2.75) is 12.5 Å². The number of aliphatic hydroxyl groups excluding tert-OH is 1. The van der Waals surface area contributed by atoms with E-state index in [1.54, 1.807) is 0 Å². The third-order valence-corrected chi connectivity index (χ3v) is 0.985. The van der Waals surface area contributed by atoms with E-state index in [1.807, 2.05) is 5.32 Å². The normalized spacial score (nSPS) is 12.1. The van der Waals surface area contributed by atoms with Gasteiger partial charge in [0.05, 0.1) is 0 Å². The lowest BCUT2D eigenvalue weighted by Crippen LogP contribution is -2.36. The summed E-state index contributed by atoms with van der Waals surface area (Å²) in [5.41, 5.74) is 0. The third kappa shape index (κ3) is 3.03. The zero-order valence-corrected chi connectivity index (χ0v) is 5.28. The van der Waals surface area contributed by atoms with Gasteiger partial charge in [0.25, 0.3) is 0 Å². The molecule has 0 radical (unpaired) electrons. The van der Waals surface area contributed by atoms with Gasteiger partial charge in [0.2, 0.25) is 6.41 Å². The number of rotatable bonds is 5. The molecule has 0 bridgehead atoms. The summed E-state index contributed by atoms with van der Waals surface area (Å²) in [6.45, 7) is -0.252. The lowest BCUT2D eigenvalue weighted by Gasteiger charge is -2.07. The lowest BCUT2D eigenvalue weighted by atomic mass is 10.2. The van der Waals surface area contributed by atoms with E-state index in [9.17, 15) is 9.59 Å². The number of hydrogen-bond donors (Lipinski definition) is 3. The molecule has 0 saturated heterocycles. The molecule has 10 heavy (non-hydrogen) atoms. The first-order valence-electron chi connectivity index (χ1n) is 2.75. The molecule has 0 aliphatic rings. The molecule has 0 aromatic carbocycles. The second-order valence-corrected chi connectivity index (χ2v) is 1.69. The van der Waals surface area contributed by atoms with Crippen LogP contribution in [-0.4, -0.2) is 35.2 Å². The Bertz CT molecular complexity index is 125. The van der Waals surface area contributed by atoms with Crippen LogP contribution in [0.25, 0.3) is 0 Å². The largest absolute Gasteiger partial charge is 0.480 e. The number of carbonyl (C=O) groups is 2. The van der Waals surface area contributed by atoms with Crippen LogP contribution >= 0.6 is 0 Å². The average Bonchev–Trinajstić information content (AvgIpc) is 1.87. The number of aliphatic carboxylic acids is 1. The molecule has 0 saturated carbocycles. The molecule has 5 heteroatoms. The highest BCUT2D eigenvalue weighted by molar-refractivity contribution is 5.76. The predicted octanol–water partition coefficient (Wildman–Crippen LogP) is -1.43. The maximum atomic E-state index is 10.1. The number of carbonyl (C=O) groups excluding carboxylic acids is 1. The van der Waals surface area contributed by atoms with E-state index in [-0.39, 0.29) is 13.0 Å². The number of carboxylic acids is 1. The molecule has 0 unspecified atom stereocenters. The Morgan fingerprint density at radius 1 is 1.70 bits per heavy atom. The quantitative estimate of drug-likeness (QED) is 0.416. The van der Waals surface area contributed by atoms with Crippen LogP contribution < -0.4 is 5.32 Å². The number of carboxylic acid groups (broad SMARTS) is 1. The van der Waals surface area contributed by atoms with Crippen LogP contribution in [0.1, 0.15) is 6.42 Å². The Morgan fingerprint density at radius 3 is 2.60 bits per heavy atom. The van der Waals surface area contributed by atoms with Gasteiger partial charge in [-0.25, -0.2) is 4.79 Å². The summed E-state index contributed by atoms with van der Waals surface area (Å²) in [5, 5.41) is 18.6. The van der Waals surface area contributed by atoms with Gasteiger partial charge in [-0.2, -0.15) is 0 Å². The summed E-state index contributed by atoms with van der Waals surface area (Å²) >= 11 is 0. The molecule has 0 aliphatic heterocycles. The molecule has 0 rings (SSSR count). The highest BCUT2D eigenvalue weighted by Gasteiger charge is 2.14. The summed E-state index contributed by atoms with van der Waals surface area (Å²) in [6, 6.07) is -0.970. The van der Waals surface area contributed by atoms with E-state index in [4.69, 9.17) is 10.2 Å². The second kappa shape index (κ2) is 4.75. The number of aliphatic hydroxyl groups is 1. The van der Waals surface area contributed by atoms with Gasteiger partial charge in [0, 0.05) is 13.0 Å². The standard InChI is InChI=1S/C5H9NO4/c7-2-1-4(5(9)10)6-3-8/h3-4,7H,1-2H2,(H,6,8)(H,9,10)/t4-/m1/s1. The van der Waals surface area contributed by atoms with E-state index in [0.717, 1.165) is 0 Å². The van der Waals surface area contributed by atoms with Gasteiger partial charge in [-0.3, -0.25) is 4.79 Å². The van der Waals surface area contributed by atoms with Crippen molar-refractivity contribution in [3.05, 3.63) is 0 Å². The van der Waals surface area contributed by atoms with E-state index < -0.39 is 12.0 Å². The summed E-state index contributed by atoms with van der Waals surface area (Å²) in [6.07, 6.45) is 0.336. The molecule has 0 aromatic heterocycles. The smallest absolute Gasteiger partial charge is 0.326 e. The van der Waals surface area contributed by atoms with Gasteiger partial charge in [-0.15, -0.1) is 0 Å². The molecule has 3 N–H and O–H groups in total. The minimum Gasteiger partial charge on any atom is -0.480 e. The Kier molecular flexibility index (Phi) is 4.23. The van der Waals surface area contributed by atoms with E-state index >= 15 is 0 Å². The van der Waals surface area contributed by atoms with Gasteiger partial charge < -0.3 is 15.5 Å². The van der Waals surface area contributed by atoms with Crippen molar-refractivity contribution in [2.24, 2.45) is 0 Å². The van der Waals surface area contributed by atoms with Crippen molar-refractivity contribution in [3.63, 3.8) is 0 Å². The van der Waals surface area contributed by atoms with Gasteiger partial charge in [0.1, 0.15) is 6.04 Å². The fraction of sp³-hybridized carbons (Fsp3) is 0.600. The van der Waals surface area contributed by atoms with Crippen LogP contribution in [0, 0.1) is 0 Å². The van der Waals surface area contributed by atoms with Crippen LogP contribution in [-0.2, 0) is 9.59 Å². The first-order chi connectivity index (χ1) is 4.72. The summed E-state index contributed by atoms with van der Waals surface area (Å²) < 4.78 is 0. The number of hydrogen-bond acceptors (Lipinski definition) is 3. The maximum absolute atomic E-state index is 10.1. The molecular formula is C5H9NO4. The third-order valence-electron chi connectivity index (χ3n) is 0.985. The Labute approximate surface area is 57.7 Å². The first kappa shape index (κ1) is 8.90. The number of nitrogens with one attached hydrogen (secondary N) is 1. The van der Waals surface area contributed by atoms with Gasteiger partial charge in [-0.1, -0.05) is 0 Å². The molecule has 0 aliphatic carbocycles. The molecule has 5 nitrogen and oxygen atoms in total. The van der Waals surface area contributed by atoms with Crippen molar-refractivity contribution >= 4 is 12.4 Å². The molecular weight excluding hydrogens is 138 g/mol. The Morgan fingerprint density at radius 2 is 2.30 bits per heavy atom. The average molecular weight is 147 g/mol. The summed E-state index contributed by atoms with van der Waals surface area (Å²) in [5.74, 6) is -1.14. The second-order valence-electron chi connectivity index (χ2n) is 1.69. The van der Waals surface area contributed by atoms with E-state index in [0.29, 0.717) is 6.41 Å². The minimum absolute atomic E-state index is 0.0358. The van der Waals surface area contributed by atoms with Crippen LogP contribution in [0.5, 0.6) is 0 Å². The van der Waals surface area contributed by atoms with Crippen molar-refractivity contribution in [1.82, 2.24) is 5.32 Å². The SMILES string of the molecule is O=CN[C@H](CCO)C(=O)O. The van der Waals surface area contributed by atoms with Crippen molar-refractivity contribution < 1.29 is 19.8 Å². The fourth-order valence-corrected chi connectivity index (χ4v) is 0.489. The topological polar surface area (TPSA) is 86.6 Å². The van der Waals surface area contributed by atoms with Crippen molar-refractivity contribution in [1.29, 1.82) is 0 Å². The maximum Gasteiger partial charge on any atom is 0.326 e. The van der Waals surface area contributed by atoms with Gasteiger partial charge >= 0.3 is 5.97 Å². The molecule has 58 valence electrons. The van der Waals surface area contributed by atoms with Crippen molar-refractivity contribution in [3.8, 4) is 0 Å². The lowest BCUT2D eigenvalue weighted by molar-refractivity contribution is -0.141. The molecule has 1 atom stereocenters. The zero-order valence-electron chi connectivity index (χ0n) is 5.28. The molecule has 0 heterocycles. The van der Waals surface area contributed by atoms with E-state index in [2.05, 4.69) is 0 Å². The Hall–Kier alpha value is -1.10. The van der Waals surface area contributed by atoms with Crippen LogP contribution in [0.2, 0.25) is 0 Å². The van der Waals surface area contributed by atoms with Crippen LogP contribution in [0.15, 0.2) is 0 Å². The molecule has 0 fully saturated rings. The van der Waals surface area contributed by atoms with Crippen LogP contribution in [0.3, 0.4) is 0 Å². The van der Waals surface area contributed by atoms with Gasteiger partial charge in [-0.05, 0) is 0 Å². The highest BCUT2D eigenvalue weighted by Crippen LogP contribution is 1.88. The fourth-order valence-electron chi connectivity index (χ4n) is 0.489. The monoisotopic (exact) mass is 147 g/mol. The predicted molar refractivity (Wildman–Crippen MR) is 32.3 cm³/mol. The van der Waals surface area contributed by atoms with Crippen LogP contribution in [0.4, 0.5) is 0 Å². The zero-order chi connectivity index (χ0) is 7.98. The number of amides is 1. The molecule has 0 spiro atoms. The summed E-state index contributed by atoms with van der Waals surface area (Å²) in [4.78, 5) is 19.9. The molecule has 0 aromatic rings. The van der Waals surface area contributed by atoms with Gasteiger partial charge in [0.15, 0.2) is 0 Å². The molecule has 1 amide bonds. The Balaban J connectivity index is 3.71. The first-order valence-corrected chi connectivity index (χ1v) is 2.75.